The average Bonchev–Trinajstić information content (AvgIpc) is 3.27. The predicted molar refractivity (Wildman–Crippen MR) is 276 cm³/mol. The van der Waals surface area contributed by atoms with Crippen LogP contribution >= 0.6 is 0 Å². The van der Waals surface area contributed by atoms with Gasteiger partial charge in [0.25, 0.3) is 0 Å². The van der Waals surface area contributed by atoms with Gasteiger partial charge < -0.3 is 52.2 Å². The summed E-state index contributed by atoms with van der Waals surface area (Å²) in [5, 5.41) is 37.8. The van der Waals surface area contributed by atoms with Crippen molar-refractivity contribution in [3.05, 3.63) is 0 Å². The molecule has 0 aliphatic carbocycles. The number of cyclic esters (lactones) is 1. The summed E-state index contributed by atoms with van der Waals surface area (Å²) in [4.78, 5) is 136. The van der Waals surface area contributed by atoms with Crippen LogP contribution in [0, 0.1) is 29.6 Å². The maximum Gasteiger partial charge on any atom is 0.328 e. The second kappa shape index (κ2) is 35.0. The zero-order valence-corrected chi connectivity index (χ0v) is 45.8. The molecule has 0 aromatic carbocycles. The fourth-order valence-corrected chi connectivity index (χ4v) is 8.60. The zero-order valence-electron chi connectivity index (χ0n) is 45.8. The van der Waals surface area contributed by atoms with Gasteiger partial charge in [-0.25, -0.2) is 4.79 Å². The number of esters is 1. The number of carbonyl (C=O) groups is 10. The largest absolute Gasteiger partial charge is 0.481 e. The molecule has 0 radical (unpaired) electrons. The highest BCUT2D eigenvalue weighted by molar-refractivity contribution is 5.98. The van der Waals surface area contributed by atoms with Gasteiger partial charge in [0.1, 0.15) is 48.4 Å². The summed E-state index contributed by atoms with van der Waals surface area (Å²) < 4.78 is 6.04. The van der Waals surface area contributed by atoms with Crippen molar-refractivity contribution in [2.75, 3.05) is 0 Å². The highest BCUT2D eigenvalue weighted by Gasteiger charge is 2.37. The van der Waals surface area contributed by atoms with Crippen molar-refractivity contribution in [3.8, 4) is 0 Å². The maximum absolute atomic E-state index is 14.2. The first kappa shape index (κ1) is 65.7. The molecule has 20 nitrogen and oxygen atoms in total. The molecule has 0 bridgehead atoms. The molecule has 1 aliphatic rings. The molecule has 20 heteroatoms. The number of rotatable bonds is 25. The molecule has 1 fully saturated rings. The summed E-state index contributed by atoms with van der Waals surface area (Å²) in [6.07, 6.45) is 8.74. The van der Waals surface area contributed by atoms with Gasteiger partial charge in [0.2, 0.25) is 41.4 Å². The van der Waals surface area contributed by atoms with Crippen LogP contribution in [-0.2, 0) is 52.7 Å². The Morgan fingerprint density at radius 3 is 1.29 bits per heavy atom. The Hall–Kier alpha value is -5.30. The van der Waals surface area contributed by atoms with Gasteiger partial charge in [-0.15, -0.1) is 0 Å². The van der Waals surface area contributed by atoms with Crippen molar-refractivity contribution in [2.24, 2.45) is 29.6 Å². The molecule has 0 aromatic rings. The third-order valence-corrected chi connectivity index (χ3v) is 12.6. The van der Waals surface area contributed by atoms with Crippen LogP contribution in [0.2, 0.25) is 0 Å². The molecule has 0 aromatic heterocycles. The standard InChI is InChI=1S/C53H93N7O13/c1-12-13-14-15-16-17-18-19-20-21-22-23-36-29-42(61)54-37(24-25-43(62)63)47(66)59-45(34(8)9)51(70)56-39(27-32(4)5)50(69)60-46(35(10)11)52(71)57-40(30-44(64)65)49(68)55-38(26-31(2)3)48(67)58-41(28-33(6)7)53(72)73-36/h31-41,45-46H,12-30H2,1-11H3,(H,54,61)(H,55,68)(H,56,70)(H,57,71)(H,58,67)(H,59,66)(H,60,69)(H,62,63)(H,64,65). The second-order valence-electron chi connectivity index (χ2n) is 21.8. The fourth-order valence-electron chi connectivity index (χ4n) is 8.60. The minimum atomic E-state index is -1.72. The smallest absolute Gasteiger partial charge is 0.328 e. The minimum absolute atomic E-state index is 0.0400. The lowest BCUT2D eigenvalue weighted by molar-refractivity contribution is -0.155. The number of hydrogen-bond acceptors (Lipinski definition) is 11. The van der Waals surface area contributed by atoms with Crippen molar-refractivity contribution in [1.82, 2.24) is 37.2 Å². The predicted octanol–water partition coefficient (Wildman–Crippen LogP) is 5.19. The molecule has 8 unspecified atom stereocenters. The number of aliphatic carboxylic acids is 2. The first-order chi connectivity index (χ1) is 34.2. The molecule has 0 spiro atoms. The van der Waals surface area contributed by atoms with E-state index in [9.17, 15) is 58.2 Å². The Balaban J connectivity index is 3.89. The van der Waals surface area contributed by atoms with Crippen LogP contribution in [0.3, 0.4) is 0 Å². The van der Waals surface area contributed by atoms with Gasteiger partial charge in [0.05, 0.1) is 12.8 Å². The summed E-state index contributed by atoms with van der Waals surface area (Å²) in [5.41, 5.74) is 0. The molecule has 7 amide bonds. The van der Waals surface area contributed by atoms with Gasteiger partial charge in [-0.1, -0.05) is 140 Å². The number of carboxylic acid groups (broad SMARTS) is 2. The van der Waals surface area contributed by atoms with Crippen LogP contribution in [0.25, 0.3) is 0 Å². The number of nitrogens with one attached hydrogen (secondary N) is 7. The summed E-state index contributed by atoms with van der Waals surface area (Å²) >= 11 is 0. The van der Waals surface area contributed by atoms with E-state index < -0.39 is 139 Å². The molecule has 9 N–H and O–H groups in total. The van der Waals surface area contributed by atoms with Gasteiger partial charge in [-0.3, -0.25) is 43.2 Å². The Morgan fingerprint density at radius 2 is 0.849 bits per heavy atom. The number of carboxylic acids is 2. The molecule has 73 heavy (non-hydrogen) atoms. The van der Waals surface area contributed by atoms with Crippen LogP contribution in [-0.4, -0.2) is 118 Å². The Morgan fingerprint density at radius 1 is 0.466 bits per heavy atom. The first-order valence-corrected chi connectivity index (χ1v) is 27.0. The lowest BCUT2D eigenvalue weighted by atomic mass is 9.97. The lowest BCUT2D eigenvalue weighted by Gasteiger charge is -2.30. The Bertz CT molecular complexity index is 1790. The number of hydrogen-bond donors (Lipinski definition) is 9. The van der Waals surface area contributed by atoms with E-state index in [1.807, 2.05) is 13.8 Å². The van der Waals surface area contributed by atoms with Gasteiger partial charge in [-0.2, -0.15) is 0 Å². The van der Waals surface area contributed by atoms with Crippen LogP contribution in [0.5, 0.6) is 0 Å². The van der Waals surface area contributed by atoms with Crippen molar-refractivity contribution in [1.29, 1.82) is 0 Å². The fraction of sp³-hybridized carbons (Fsp3) is 0.811. The van der Waals surface area contributed by atoms with Crippen molar-refractivity contribution in [2.45, 2.75) is 247 Å². The first-order valence-electron chi connectivity index (χ1n) is 27.0. The van der Waals surface area contributed by atoms with E-state index in [0.29, 0.717) is 6.42 Å². The van der Waals surface area contributed by atoms with E-state index in [0.717, 1.165) is 32.1 Å². The van der Waals surface area contributed by atoms with Gasteiger partial charge in [0.15, 0.2) is 0 Å². The summed E-state index contributed by atoms with van der Waals surface area (Å²) in [6.45, 7) is 19.5. The zero-order chi connectivity index (χ0) is 55.4. The van der Waals surface area contributed by atoms with Crippen LogP contribution in [0.4, 0.5) is 0 Å². The average molecular weight is 1040 g/mol. The molecule has 1 aliphatic heterocycles. The normalized spacial score (nSPS) is 23.9. The maximum atomic E-state index is 14.2. The number of unbranched alkanes of at least 4 members (excludes halogenated alkanes) is 10. The van der Waals surface area contributed by atoms with Crippen molar-refractivity contribution < 1.29 is 62.9 Å². The monoisotopic (exact) mass is 1040 g/mol. The van der Waals surface area contributed by atoms with E-state index in [-0.39, 0.29) is 49.9 Å². The van der Waals surface area contributed by atoms with Crippen LogP contribution < -0.4 is 37.2 Å². The van der Waals surface area contributed by atoms with Gasteiger partial charge in [-0.05, 0) is 68.1 Å². The van der Waals surface area contributed by atoms with Gasteiger partial charge >= 0.3 is 17.9 Å². The second-order valence-corrected chi connectivity index (χ2v) is 21.8. The summed E-state index contributed by atoms with van der Waals surface area (Å²) in [6, 6.07) is -9.67. The number of amides is 7. The Kier molecular flexibility index (Phi) is 31.5. The minimum Gasteiger partial charge on any atom is -0.481 e. The van der Waals surface area contributed by atoms with E-state index in [4.69, 9.17) is 4.74 Å². The van der Waals surface area contributed by atoms with Crippen molar-refractivity contribution >= 4 is 59.3 Å². The van der Waals surface area contributed by atoms with E-state index >= 15 is 0 Å². The van der Waals surface area contributed by atoms with Crippen LogP contribution in [0.1, 0.15) is 198 Å². The lowest BCUT2D eigenvalue weighted by Crippen LogP contribution is -2.61. The van der Waals surface area contributed by atoms with E-state index in [1.54, 1.807) is 55.4 Å². The molecule has 1 saturated heterocycles. The number of ether oxygens (including phenoxy) is 1. The van der Waals surface area contributed by atoms with Crippen molar-refractivity contribution in [3.63, 3.8) is 0 Å². The Labute approximate surface area is 434 Å². The molecule has 1 heterocycles. The van der Waals surface area contributed by atoms with Crippen LogP contribution in [0.15, 0.2) is 0 Å². The number of carbonyl (C=O) groups excluding carboxylic acids is 8. The summed E-state index contributed by atoms with van der Waals surface area (Å²) in [5.74, 6) is -11.2. The highest BCUT2D eigenvalue weighted by Crippen LogP contribution is 2.19. The SMILES string of the molecule is CCCCCCCCCCCCCC1CC(=O)NC(CCC(=O)O)C(=O)NC(C(C)C)C(=O)NC(CC(C)C)C(=O)NC(C(C)C)C(=O)NC(CC(=O)O)C(=O)NC(CC(C)C)C(=O)NC(CC(C)C)C(=O)O1. The molecular formula is C53H93N7O13. The highest BCUT2D eigenvalue weighted by atomic mass is 16.5. The quantitative estimate of drug-likeness (QED) is 0.0421. The molecule has 0 saturated carbocycles. The third kappa shape index (κ3) is 27.5. The molecule has 1 rings (SSSR count). The molecule has 418 valence electrons. The summed E-state index contributed by atoms with van der Waals surface area (Å²) in [7, 11) is 0. The van der Waals surface area contributed by atoms with E-state index in [2.05, 4.69) is 44.1 Å². The third-order valence-electron chi connectivity index (χ3n) is 12.6. The van der Waals surface area contributed by atoms with E-state index in [1.165, 1.54) is 32.1 Å². The topological polar surface area (TPSA) is 305 Å². The molecule has 8 atom stereocenters. The van der Waals surface area contributed by atoms with Gasteiger partial charge in [0, 0.05) is 6.42 Å². The molecular weight excluding hydrogens is 943 g/mol.